The molecule has 0 saturated heterocycles. The number of nitrogens with one attached hydrogen (secondary N) is 1. The van der Waals surface area contributed by atoms with Gasteiger partial charge in [-0.15, -0.1) is 0 Å². The van der Waals surface area contributed by atoms with Gasteiger partial charge in [0, 0.05) is 30.4 Å². The first-order valence-corrected chi connectivity index (χ1v) is 6.05. The molecule has 0 aliphatic rings. The van der Waals surface area contributed by atoms with Crippen LogP contribution in [0.15, 0.2) is 12.3 Å². The van der Waals surface area contributed by atoms with Gasteiger partial charge in [0.25, 0.3) is 0 Å². The summed E-state index contributed by atoms with van der Waals surface area (Å²) in [4.78, 5) is 17.2. The van der Waals surface area contributed by atoms with Crippen molar-refractivity contribution in [1.29, 1.82) is 0 Å². The van der Waals surface area contributed by atoms with E-state index in [-0.39, 0.29) is 5.91 Å². The van der Waals surface area contributed by atoms with Crippen LogP contribution in [-0.2, 0) is 11.3 Å². The number of hydrogen-bond donors (Lipinski definition) is 1. The van der Waals surface area contributed by atoms with E-state index in [9.17, 15) is 4.79 Å². The summed E-state index contributed by atoms with van der Waals surface area (Å²) in [5, 5.41) is 3.53. The van der Waals surface area contributed by atoms with Gasteiger partial charge in [-0.1, -0.05) is 30.1 Å². The summed E-state index contributed by atoms with van der Waals surface area (Å²) in [7, 11) is 1.62. The van der Waals surface area contributed by atoms with Gasteiger partial charge in [0.1, 0.15) is 5.15 Å². The Kier molecular flexibility index (Phi) is 5.68. The lowest BCUT2D eigenvalue weighted by molar-refractivity contribution is -0.121. The topological polar surface area (TPSA) is 45.2 Å². The van der Waals surface area contributed by atoms with Crippen LogP contribution >= 0.6 is 23.2 Å². The Hall–Kier alpha value is -0.840. The lowest BCUT2D eigenvalue weighted by atomic mass is 10.2. The summed E-state index contributed by atoms with van der Waals surface area (Å²) >= 11 is 11.8. The molecule has 0 aliphatic heterocycles. The quantitative estimate of drug-likeness (QED) is 0.836. The number of nitrogens with zero attached hydrogens (tertiary/aromatic N) is 2. The maximum atomic E-state index is 11.3. The van der Waals surface area contributed by atoms with Crippen LogP contribution in [-0.4, -0.2) is 35.9 Å². The summed E-state index contributed by atoms with van der Waals surface area (Å²) in [6.07, 6.45) is 1.64. The number of aromatic nitrogens is 1. The van der Waals surface area contributed by atoms with Gasteiger partial charge >= 0.3 is 0 Å². The number of hydrogen-bond acceptors (Lipinski definition) is 3. The molecule has 0 atom stereocenters. The third kappa shape index (κ3) is 4.50. The fourth-order valence-corrected chi connectivity index (χ4v) is 1.78. The smallest absolute Gasteiger partial charge is 0.233 e. The number of carbonyl (C=O) groups excluding carboxylic acids is 1. The third-order valence-electron chi connectivity index (χ3n) is 2.38. The molecule has 0 aromatic carbocycles. The molecule has 1 heterocycles. The van der Waals surface area contributed by atoms with E-state index < -0.39 is 0 Å². The molecule has 0 fully saturated rings. The molecule has 0 radical (unpaired) electrons. The first kappa shape index (κ1) is 14.2. The summed E-state index contributed by atoms with van der Waals surface area (Å²) in [6, 6.07) is 1.60. The minimum atomic E-state index is -0.0232. The van der Waals surface area contributed by atoms with Gasteiger partial charge < -0.3 is 5.32 Å². The molecule has 4 nitrogen and oxygen atoms in total. The van der Waals surface area contributed by atoms with Crippen molar-refractivity contribution in [2.45, 2.75) is 13.5 Å². The average Bonchev–Trinajstić information content (AvgIpc) is 2.31. The SMILES string of the molecule is CCN(CC(=O)NC)Cc1cnc(Cl)cc1Cl. The van der Waals surface area contributed by atoms with E-state index >= 15 is 0 Å². The standard InChI is InChI=1S/C11H15Cl2N3O/c1-3-16(7-11(17)14-2)6-8-5-15-10(13)4-9(8)12/h4-5H,3,6-7H2,1-2H3,(H,14,17). The Labute approximate surface area is 111 Å². The molecule has 1 N–H and O–H groups in total. The zero-order chi connectivity index (χ0) is 12.8. The van der Waals surface area contributed by atoms with Crippen LogP contribution in [0.5, 0.6) is 0 Å². The second-order valence-electron chi connectivity index (χ2n) is 3.57. The number of halogens is 2. The maximum Gasteiger partial charge on any atom is 0.233 e. The first-order chi connectivity index (χ1) is 8.06. The number of rotatable bonds is 5. The second kappa shape index (κ2) is 6.79. The van der Waals surface area contributed by atoms with E-state index in [0.29, 0.717) is 23.3 Å². The van der Waals surface area contributed by atoms with E-state index in [1.165, 1.54) is 0 Å². The lowest BCUT2D eigenvalue weighted by Crippen LogP contribution is -2.35. The van der Waals surface area contributed by atoms with Crippen LogP contribution in [0.1, 0.15) is 12.5 Å². The molecule has 0 unspecified atom stereocenters. The van der Waals surface area contributed by atoms with Crippen molar-refractivity contribution in [3.05, 3.63) is 28.0 Å². The van der Waals surface area contributed by atoms with E-state index in [1.54, 1.807) is 19.3 Å². The van der Waals surface area contributed by atoms with Gasteiger partial charge in [-0.3, -0.25) is 9.69 Å². The summed E-state index contributed by atoms with van der Waals surface area (Å²) < 4.78 is 0. The highest BCUT2D eigenvalue weighted by molar-refractivity contribution is 6.34. The molecule has 1 rings (SSSR count). The fourth-order valence-electron chi connectivity index (χ4n) is 1.35. The normalized spacial score (nSPS) is 10.6. The Bertz CT molecular complexity index is 398. The maximum absolute atomic E-state index is 11.3. The van der Waals surface area contributed by atoms with Crippen LogP contribution in [0.25, 0.3) is 0 Å². The molecule has 1 aromatic heterocycles. The molecule has 17 heavy (non-hydrogen) atoms. The molecule has 1 aromatic rings. The molecular formula is C11H15Cl2N3O. The number of likely N-dealkylation sites (N-methyl/N-ethyl adjacent to an activating group) is 2. The molecule has 1 amide bonds. The molecule has 0 spiro atoms. The highest BCUT2D eigenvalue weighted by atomic mass is 35.5. The van der Waals surface area contributed by atoms with Crippen LogP contribution in [0, 0.1) is 0 Å². The second-order valence-corrected chi connectivity index (χ2v) is 4.37. The van der Waals surface area contributed by atoms with E-state index in [2.05, 4.69) is 10.3 Å². The monoisotopic (exact) mass is 275 g/mol. The van der Waals surface area contributed by atoms with Gasteiger partial charge in [-0.05, 0) is 12.6 Å². The fraction of sp³-hybridized carbons (Fsp3) is 0.455. The van der Waals surface area contributed by atoms with Gasteiger partial charge in [0.2, 0.25) is 5.91 Å². The molecule has 94 valence electrons. The van der Waals surface area contributed by atoms with Crippen molar-refractivity contribution in [1.82, 2.24) is 15.2 Å². The predicted molar refractivity (Wildman–Crippen MR) is 69.3 cm³/mol. The Morgan fingerprint density at radius 3 is 2.76 bits per heavy atom. The minimum Gasteiger partial charge on any atom is -0.358 e. The minimum absolute atomic E-state index is 0.0232. The van der Waals surface area contributed by atoms with E-state index in [1.807, 2.05) is 11.8 Å². The number of pyridine rings is 1. The van der Waals surface area contributed by atoms with Crippen molar-refractivity contribution in [2.24, 2.45) is 0 Å². The molecular weight excluding hydrogens is 261 g/mol. The summed E-state index contributed by atoms with van der Waals surface area (Å²) in [5.41, 5.74) is 0.863. The molecule has 0 bridgehead atoms. The Morgan fingerprint density at radius 1 is 1.53 bits per heavy atom. The molecule has 0 saturated carbocycles. The number of amides is 1. The van der Waals surface area contributed by atoms with Gasteiger partial charge in [0.15, 0.2) is 0 Å². The lowest BCUT2D eigenvalue weighted by Gasteiger charge is -2.19. The van der Waals surface area contributed by atoms with Crippen LogP contribution in [0.3, 0.4) is 0 Å². The Balaban J connectivity index is 2.70. The Morgan fingerprint density at radius 2 is 2.24 bits per heavy atom. The van der Waals surface area contributed by atoms with E-state index in [4.69, 9.17) is 23.2 Å². The zero-order valence-electron chi connectivity index (χ0n) is 9.83. The van der Waals surface area contributed by atoms with Crippen molar-refractivity contribution in [3.8, 4) is 0 Å². The van der Waals surface area contributed by atoms with Crippen LogP contribution in [0.2, 0.25) is 10.2 Å². The first-order valence-electron chi connectivity index (χ1n) is 5.29. The predicted octanol–water partition coefficient (Wildman–Crippen LogP) is 1.96. The van der Waals surface area contributed by atoms with Crippen LogP contribution in [0.4, 0.5) is 0 Å². The van der Waals surface area contributed by atoms with Gasteiger partial charge in [-0.2, -0.15) is 0 Å². The van der Waals surface area contributed by atoms with E-state index in [0.717, 1.165) is 12.1 Å². The van der Waals surface area contributed by atoms with Crippen molar-refractivity contribution >= 4 is 29.1 Å². The largest absolute Gasteiger partial charge is 0.358 e. The van der Waals surface area contributed by atoms with Crippen molar-refractivity contribution < 1.29 is 4.79 Å². The molecule has 0 aliphatic carbocycles. The number of carbonyl (C=O) groups is 1. The van der Waals surface area contributed by atoms with Crippen LogP contribution < -0.4 is 5.32 Å². The molecule has 6 heteroatoms. The summed E-state index contributed by atoms with van der Waals surface area (Å²) in [6.45, 7) is 3.66. The van der Waals surface area contributed by atoms with Gasteiger partial charge in [-0.25, -0.2) is 4.98 Å². The zero-order valence-corrected chi connectivity index (χ0v) is 11.3. The highest BCUT2D eigenvalue weighted by Gasteiger charge is 2.11. The van der Waals surface area contributed by atoms with Gasteiger partial charge in [0.05, 0.1) is 6.54 Å². The van der Waals surface area contributed by atoms with Crippen molar-refractivity contribution in [2.75, 3.05) is 20.1 Å². The summed E-state index contributed by atoms with van der Waals surface area (Å²) in [5.74, 6) is -0.0232. The van der Waals surface area contributed by atoms with Crippen molar-refractivity contribution in [3.63, 3.8) is 0 Å². The average molecular weight is 276 g/mol. The third-order valence-corrected chi connectivity index (χ3v) is 2.94. The highest BCUT2D eigenvalue weighted by Crippen LogP contribution is 2.19.